The lowest BCUT2D eigenvalue weighted by atomic mass is 10.3. The Labute approximate surface area is 110 Å². The lowest BCUT2D eigenvalue weighted by Gasteiger charge is -2.04. The Morgan fingerprint density at radius 3 is 2.89 bits per heavy atom. The van der Waals surface area contributed by atoms with E-state index in [9.17, 15) is 4.39 Å². The van der Waals surface area contributed by atoms with Gasteiger partial charge in [0.25, 0.3) is 0 Å². The van der Waals surface area contributed by atoms with Gasteiger partial charge in [-0.05, 0) is 18.2 Å². The molecule has 1 N–H and O–H groups in total. The summed E-state index contributed by atoms with van der Waals surface area (Å²) in [5.74, 6) is -0.421. The van der Waals surface area contributed by atoms with Crippen LogP contribution in [-0.2, 0) is 6.54 Å². The molecule has 0 aliphatic heterocycles. The molecule has 0 aliphatic carbocycles. The van der Waals surface area contributed by atoms with Crippen molar-refractivity contribution in [2.45, 2.75) is 26.4 Å². The highest BCUT2D eigenvalue weighted by molar-refractivity contribution is 6.30. The molecule has 0 fully saturated rings. The van der Waals surface area contributed by atoms with Crippen LogP contribution in [-0.4, -0.2) is 21.0 Å². The fourth-order valence-corrected chi connectivity index (χ4v) is 1.63. The van der Waals surface area contributed by atoms with Crippen molar-refractivity contribution in [1.29, 1.82) is 0 Å². The predicted molar refractivity (Wildman–Crippen MR) is 68.3 cm³/mol. The van der Waals surface area contributed by atoms with E-state index >= 15 is 0 Å². The zero-order chi connectivity index (χ0) is 13.1. The third kappa shape index (κ3) is 3.05. The first-order chi connectivity index (χ1) is 8.56. The number of nitrogens with zero attached hydrogens (tertiary/aromatic N) is 3. The lowest BCUT2D eigenvalue weighted by molar-refractivity contribution is 0.580. The molecule has 1 aromatic heterocycles. The molecule has 0 unspecified atom stereocenters. The zero-order valence-corrected chi connectivity index (χ0v) is 10.9. The van der Waals surface area contributed by atoms with Crippen LogP contribution in [0.25, 0.3) is 5.69 Å². The van der Waals surface area contributed by atoms with Gasteiger partial charge in [0, 0.05) is 17.6 Å². The minimum atomic E-state index is -0.421. The van der Waals surface area contributed by atoms with Crippen molar-refractivity contribution in [3.8, 4) is 5.69 Å². The number of benzene rings is 1. The Bertz CT molecular complexity index is 539. The molecule has 0 aliphatic rings. The summed E-state index contributed by atoms with van der Waals surface area (Å²) in [6.07, 6.45) is 1.70. The van der Waals surface area contributed by atoms with Crippen molar-refractivity contribution in [3.05, 3.63) is 40.9 Å². The Kier molecular flexibility index (Phi) is 3.93. The van der Waals surface area contributed by atoms with Crippen LogP contribution in [0.2, 0.25) is 5.02 Å². The molecule has 0 radical (unpaired) electrons. The van der Waals surface area contributed by atoms with Crippen LogP contribution in [0.5, 0.6) is 0 Å². The molecule has 0 spiro atoms. The van der Waals surface area contributed by atoms with E-state index in [0.29, 0.717) is 23.3 Å². The van der Waals surface area contributed by atoms with Gasteiger partial charge in [0.15, 0.2) is 0 Å². The first-order valence-corrected chi connectivity index (χ1v) is 6.04. The Morgan fingerprint density at radius 1 is 1.44 bits per heavy atom. The summed E-state index contributed by atoms with van der Waals surface area (Å²) in [5.41, 5.74) is 1.10. The molecule has 2 rings (SSSR count). The molecular weight excluding hydrogens is 255 g/mol. The van der Waals surface area contributed by atoms with E-state index < -0.39 is 5.82 Å². The van der Waals surface area contributed by atoms with Crippen LogP contribution in [0.1, 0.15) is 19.5 Å². The Balaban J connectivity index is 2.18. The van der Waals surface area contributed by atoms with Gasteiger partial charge in [-0.2, -0.15) is 0 Å². The summed E-state index contributed by atoms with van der Waals surface area (Å²) in [4.78, 5) is 0. The van der Waals surface area contributed by atoms with Crippen LogP contribution in [0, 0.1) is 5.82 Å². The summed E-state index contributed by atoms with van der Waals surface area (Å²) >= 11 is 5.70. The first-order valence-electron chi connectivity index (χ1n) is 5.66. The molecule has 0 saturated carbocycles. The summed E-state index contributed by atoms with van der Waals surface area (Å²) < 4.78 is 15.1. The molecule has 1 heterocycles. The molecule has 0 saturated heterocycles. The SMILES string of the molecule is CC(C)NCc1cn(-c2ccc(Cl)cc2F)nn1. The lowest BCUT2D eigenvalue weighted by Crippen LogP contribution is -2.21. The van der Waals surface area contributed by atoms with Crippen molar-refractivity contribution in [1.82, 2.24) is 20.3 Å². The summed E-state index contributed by atoms with van der Waals surface area (Å²) in [7, 11) is 0. The van der Waals surface area contributed by atoms with Crippen molar-refractivity contribution in [2.75, 3.05) is 0 Å². The van der Waals surface area contributed by atoms with Gasteiger partial charge in [-0.1, -0.05) is 30.7 Å². The fourth-order valence-electron chi connectivity index (χ4n) is 1.47. The van der Waals surface area contributed by atoms with Crippen LogP contribution in [0.3, 0.4) is 0 Å². The molecule has 1 aromatic carbocycles. The van der Waals surface area contributed by atoms with E-state index in [-0.39, 0.29) is 0 Å². The topological polar surface area (TPSA) is 42.7 Å². The number of hydrogen-bond acceptors (Lipinski definition) is 3. The van der Waals surface area contributed by atoms with Crippen molar-refractivity contribution >= 4 is 11.6 Å². The normalized spacial score (nSPS) is 11.2. The maximum absolute atomic E-state index is 13.7. The molecule has 0 atom stereocenters. The van der Waals surface area contributed by atoms with Crippen molar-refractivity contribution in [3.63, 3.8) is 0 Å². The van der Waals surface area contributed by atoms with Gasteiger partial charge in [-0.25, -0.2) is 9.07 Å². The second kappa shape index (κ2) is 5.46. The van der Waals surface area contributed by atoms with Gasteiger partial charge in [0.05, 0.1) is 11.9 Å². The Morgan fingerprint density at radius 2 is 2.22 bits per heavy atom. The largest absolute Gasteiger partial charge is 0.309 e. The maximum atomic E-state index is 13.7. The molecular formula is C12H14ClFN4. The number of halogens is 2. The minimum Gasteiger partial charge on any atom is -0.309 e. The smallest absolute Gasteiger partial charge is 0.150 e. The zero-order valence-electron chi connectivity index (χ0n) is 10.2. The summed E-state index contributed by atoms with van der Waals surface area (Å²) in [5, 5.41) is 11.5. The second-order valence-electron chi connectivity index (χ2n) is 4.29. The highest BCUT2D eigenvalue weighted by Gasteiger charge is 2.08. The van der Waals surface area contributed by atoms with Crippen LogP contribution in [0.15, 0.2) is 24.4 Å². The molecule has 0 amide bonds. The van der Waals surface area contributed by atoms with E-state index in [0.717, 1.165) is 5.69 Å². The number of rotatable bonds is 4. The third-order valence-electron chi connectivity index (χ3n) is 2.39. The van der Waals surface area contributed by atoms with E-state index in [1.807, 2.05) is 13.8 Å². The van der Waals surface area contributed by atoms with Gasteiger partial charge in [0.1, 0.15) is 11.5 Å². The molecule has 4 nitrogen and oxygen atoms in total. The van der Waals surface area contributed by atoms with Gasteiger partial charge in [-0.3, -0.25) is 0 Å². The average molecular weight is 269 g/mol. The van der Waals surface area contributed by atoms with Crippen molar-refractivity contribution in [2.24, 2.45) is 0 Å². The van der Waals surface area contributed by atoms with Crippen LogP contribution >= 0.6 is 11.6 Å². The highest BCUT2D eigenvalue weighted by atomic mass is 35.5. The van der Waals surface area contributed by atoms with E-state index in [2.05, 4.69) is 15.6 Å². The quantitative estimate of drug-likeness (QED) is 0.927. The predicted octanol–water partition coefficient (Wildman–Crippen LogP) is 2.56. The van der Waals surface area contributed by atoms with Gasteiger partial charge in [0.2, 0.25) is 0 Å². The number of nitrogens with one attached hydrogen (secondary N) is 1. The second-order valence-corrected chi connectivity index (χ2v) is 4.72. The van der Waals surface area contributed by atoms with Gasteiger partial charge < -0.3 is 5.32 Å². The summed E-state index contributed by atoms with van der Waals surface area (Å²) in [6, 6.07) is 4.81. The number of aromatic nitrogens is 3. The molecule has 96 valence electrons. The standard InChI is InChI=1S/C12H14ClFN4/c1-8(2)15-6-10-7-18(17-16-10)12-4-3-9(13)5-11(12)14/h3-5,7-8,15H,6H2,1-2H3. The van der Waals surface area contributed by atoms with E-state index in [4.69, 9.17) is 11.6 Å². The van der Waals surface area contributed by atoms with Crippen LogP contribution < -0.4 is 5.32 Å². The van der Waals surface area contributed by atoms with Crippen LogP contribution in [0.4, 0.5) is 4.39 Å². The number of hydrogen-bond donors (Lipinski definition) is 1. The third-order valence-corrected chi connectivity index (χ3v) is 2.62. The Hall–Kier alpha value is -1.46. The van der Waals surface area contributed by atoms with E-state index in [1.165, 1.54) is 10.7 Å². The summed E-state index contributed by atoms with van der Waals surface area (Å²) in [6.45, 7) is 4.69. The van der Waals surface area contributed by atoms with Gasteiger partial charge >= 0.3 is 0 Å². The first kappa shape index (κ1) is 13.0. The molecule has 2 aromatic rings. The monoisotopic (exact) mass is 268 g/mol. The highest BCUT2D eigenvalue weighted by Crippen LogP contribution is 2.17. The van der Waals surface area contributed by atoms with E-state index in [1.54, 1.807) is 18.3 Å². The maximum Gasteiger partial charge on any atom is 0.150 e. The minimum absolute atomic E-state index is 0.336. The van der Waals surface area contributed by atoms with Crippen molar-refractivity contribution < 1.29 is 4.39 Å². The molecule has 0 bridgehead atoms. The van der Waals surface area contributed by atoms with Gasteiger partial charge in [-0.15, -0.1) is 5.10 Å². The fraction of sp³-hybridized carbons (Fsp3) is 0.333. The average Bonchev–Trinajstić information content (AvgIpc) is 2.75. The molecule has 18 heavy (non-hydrogen) atoms. The molecule has 6 heteroatoms.